The fraction of sp³-hybridized carbons (Fsp3) is 0.533. The highest BCUT2D eigenvalue weighted by molar-refractivity contribution is 5.78. The second kappa shape index (κ2) is 8.70. The van der Waals surface area contributed by atoms with Crippen molar-refractivity contribution in [1.82, 2.24) is 10.6 Å². The van der Waals surface area contributed by atoms with Gasteiger partial charge < -0.3 is 10.6 Å². The summed E-state index contributed by atoms with van der Waals surface area (Å²) in [6.45, 7) is 5.38. The Morgan fingerprint density at radius 2 is 2.00 bits per heavy atom. The molecular formula is C15H24N2O. The van der Waals surface area contributed by atoms with Crippen LogP contribution in [0.1, 0.15) is 32.3 Å². The summed E-state index contributed by atoms with van der Waals surface area (Å²) in [7, 11) is 0. The number of benzene rings is 1. The van der Waals surface area contributed by atoms with Crippen LogP contribution in [0.3, 0.4) is 0 Å². The van der Waals surface area contributed by atoms with Gasteiger partial charge in [0.05, 0.1) is 6.54 Å². The smallest absolute Gasteiger partial charge is 0.234 e. The van der Waals surface area contributed by atoms with Gasteiger partial charge in [-0.15, -0.1) is 0 Å². The van der Waals surface area contributed by atoms with Gasteiger partial charge in [0.15, 0.2) is 0 Å². The van der Waals surface area contributed by atoms with Crippen molar-refractivity contribution >= 4 is 5.91 Å². The summed E-state index contributed by atoms with van der Waals surface area (Å²) in [6.07, 6.45) is 3.08. The molecule has 0 radical (unpaired) electrons. The van der Waals surface area contributed by atoms with Crippen LogP contribution < -0.4 is 10.6 Å². The molecule has 1 amide bonds. The number of hydrogen-bond acceptors (Lipinski definition) is 2. The molecule has 0 aliphatic rings. The van der Waals surface area contributed by atoms with E-state index in [-0.39, 0.29) is 11.9 Å². The number of amides is 1. The van der Waals surface area contributed by atoms with E-state index in [1.165, 1.54) is 5.56 Å². The number of carbonyl (C=O) groups excluding carboxylic acids is 1. The van der Waals surface area contributed by atoms with Gasteiger partial charge in [0.25, 0.3) is 0 Å². The number of aryl methyl sites for hydroxylation is 1. The summed E-state index contributed by atoms with van der Waals surface area (Å²) < 4.78 is 0. The quantitative estimate of drug-likeness (QED) is 0.692. The van der Waals surface area contributed by atoms with E-state index in [1.807, 2.05) is 13.0 Å². The lowest BCUT2D eigenvalue weighted by molar-refractivity contribution is -0.120. The van der Waals surface area contributed by atoms with Crippen molar-refractivity contribution in [1.29, 1.82) is 0 Å². The maximum absolute atomic E-state index is 11.5. The second-order valence-electron chi connectivity index (χ2n) is 4.64. The van der Waals surface area contributed by atoms with E-state index in [9.17, 15) is 4.79 Å². The van der Waals surface area contributed by atoms with Gasteiger partial charge in [-0.3, -0.25) is 4.79 Å². The molecule has 3 nitrogen and oxygen atoms in total. The molecule has 0 saturated carbocycles. The van der Waals surface area contributed by atoms with Gasteiger partial charge in [0.2, 0.25) is 5.91 Å². The van der Waals surface area contributed by atoms with Crippen LogP contribution in [0, 0.1) is 0 Å². The Kier molecular flexibility index (Phi) is 7.11. The summed E-state index contributed by atoms with van der Waals surface area (Å²) in [5.74, 6) is 0.0871. The Bertz CT molecular complexity index is 338. The third-order valence-electron chi connectivity index (χ3n) is 2.97. The van der Waals surface area contributed by atoms with Gasteiger partial charge in [-0.2, -0.15) is 0 Å². The summed E-state index contributed by atoms with van der Waals surface area (Å²) >= 11 is 0. The number of hydrogen-bond donors (Lipinski definition) is 2. The van der Waals surface area contributed by atoms with E-state index in [4.69, 9.17) is 0 Å². The molecule has 2 N–H and O–H groups in total. The topological polar surface area (TPSA) is 41.1 Å². The van der Waals surface area contributed by atoms with E-state index in [0.29, 0.717) is 6.54 Å². The first-order valence-electron chi connectivity index (χ1n) is 6.76. The van der Waals surface area contributed by atoms with Crippen molar-refractivity contribution in [3.05, 3.63) is 35.9 Å². The van der Waals surface area contributed by atoms with Crippen molar-refractivity contribution in [2.75, 3.05) is 13.1 Å². The normalized spacial score (nSPS) is 12.1. The first-order chi connectivity index (χ1) is 8.72. The largest absolute Gasteiger partial charge is 0.353 e. The molecule has 3 heteroatoms. The van der Waals surface area contributed by atoms with Crippen molar-refractivity contribution in [3.63, 3.8) is 0 Å². The highest BCUT2D eigenvalue weighted by Crippen LogP contribution is 2.01. The number of nitrogens with one attached hydrogen (secondary N) is 2. The minimum Gasteiger partial charge on any atom is -0.353 e. The lowest BCUT2D eigenvalue weighted by Gasteiger charge is -2.11. The van der Waals surface area contributed by atoms with Gasteiger partial charge >= 0.3 is 0 Å². The maximum atomic E-state index is 11.5. The predicted octanol–water partition coefficient (Wildman–Crippen LogP) is 2.12. The van der Waals surface area contributed by atoms with E-state index < -0.39 is 0 Å². The Hall–Kier alpha value is -1.35. The Morgan fingerprint density at radius 1 is 1.28 bits per heavy atom. The molecule has 0 fully saturated rings. The SMILES string of the molecule is CCC(C)NC(=O)CNCCCc1ccccc1. The highest BCUT2D eigenvalue weighted by Gasteiger charge is 2.03. The molecule has 0 aliphatic carbocycles. The lowest BCUT2D eigenvalue weighted by atomic mass is 10.1. The van der Waals surface area contributed by atoms with E-state index in [2.05, 4.69) is 41.8 Å². The number of carbonyl (C=O) groups is 1. The Balaban J connectivity index is 2.03. The zero-order valence-electron chi connectivity index (χ0n) is 11.4. The van der Waals surface area contributed by atoms with Crippen LogP contribution in [0.4, 0.5) is 0 Å². The Labute approximate surface area is 110 Å². The summed E-state index contributed by atoms with van der Waals surface area (Å²) in [6, 6.07) is 10.7. The minimum atomic E-state index is 0.0871. The molecule has 1 aromatic carbocycles. The standard InChI is InChI=1S/C15H24N2O/c1-3-13(2)17-15(18)12-16-11-7-10-14-8-5-4-6-9-14/h4-6,8-9,13,16H,3,7,10-12H2,1-2H3,(H,17,18). The molecule has 0 bridgehead atoms. The molecule has 0 aromatic heterocycles. The third-order valence-corrected chi connectivity index (χ3v) is 2.97. The van der Waals surface area contributed by atoms with Crippen LogP contribution in [0.5, 0.6) is 0 Å². The molecule has 0 aliphatic heterocycles. The van der Waals surface area contributed by atoms with Crippen LogP contribution >= 0.6 is 0 Å². The average Bonchev–Trinajstić information content (AvgIpc) is 2.39. The van der Waals surface area contributed by atoms with Gasteiger partial charge in [0.1, 0.15) is 0 Å². The van der Waals surface area contributed by atoms with Crippen LogP contribution in [0.15, 0.2) is 30.3 Å². The van der Waals surface area contributed by atoms with Crippen molar-refractivity contribution in [3.8, 4) is 0 Å². The molecule has 0 saturated heterocycles. The average molecular weight is 248 g/mol. The third kappa shape index (κ3) is 6.40. The fourth-order valence-corrected chi connectivity index (χ4v) is 1.69. The molecule has 1 rings (SSSR count). The summed E-state index contributed by atoms with van der Waals surface area (Å²) in [5.41, 5.74) is 1.35. The fourth-order valence-electron chi connectivity index (χ4n) is 1.69. The summed E-state index contributed by atoms with van der Waals surface area (Å²) in [4.78, 5) is 11.5. The molecule has 0 heterocycles. The van der Waals surface area contributed by atoms with Crippen molar-refractivity contribution in [2.45, 2.75) is 39.2 Å². The van der Waals surface area contributed by atoms with Crippen LogP contribution in [-0.4, -0.2) is 25.0 Å². The highest BCUT2D eigenvalue weighted by atomic mass is 16.1. The van der Waals surface area contributed by atoms with Gasteiger partial charge in [0, 0.05) is 6.04 Å². The van der Waals surface area contributed by atoms with Crippen LogP contribution in [0.25, 0.3) is 0 Å². The minimum absolute atomic E-state index is 0.0871. The molecule has 1 aromatic rings. The first kappa shape index (κ1) is 14.7. The van der Waals surface area contributed by atoms with Crippen molar-refractivity contribution in [2.24, 2.45) is 0 Å². The molecule has 1 atom stereocenters. The van der Waals surface area contributed by atoms with Crippen molar-refractivity contribution < 1.29 is 4.79 Å². The van der Waals surface area contributed by atoms with Crippen LogP contribution in [-0.2, 0) is 11.2 Å². The van der Waals surface area contributed by atoms with Gasteiger partial charge in [-0.25, -0.2) is 0 Å². The molecule has 18 heavy (non-hydrogen) atoms. The number of rotatable bonds is 8. The predicted molar refractivity (Wildman–Crippen MR) is 75.5 cm³/mol. The molecule has 100 valence electrons. The first-order valence-corrected chi connectivity index (χ1v) is 6.76. The Morgan fingerprint density at radius 3 is 2.67 bits per heavy atom. The lowest BCUT2D eigenvalue weighted by Crippen LogP contribution is -2.39. The van der Waals surface area contributed by atoms with E-state index >= 15 is 0 Å². The zero-order valence-corrected chi connectivity index (χ0v) is 11.4. The second-order valence-corrected chi connectivity index (χ2v) is 4.64. The molecular weight excluding hydrogens is 224 g/mol. The molecule has 1 unspecified atom stereocenters. The molecule has 0 spiro atoms. The van der Waals surface area contributed by atoms with E-state index in [1.54, 1.807) is 0 Å². The van der Waals surface area contributed by atoms with Gasteiger partial charge in [-0.1, -0.05) is 37.3 Å². The van der Waals surface area contributed by atoms with Crippen LogP contribution in [0.2, 0.25) is 0 Å². The zero-order chi connectivity index (χ0) is 13.2. The summed E-state index contributed by atoms with van der Waals surface area (Å²) in [5, 5.41) is 6.11. The van der Waals surface area contributed by atoms with Gasteiger partial charge in [-0.05, 0) is 38.3 Å². The van der Waals surface area contributed by atoms with E-state index in [0.717, 1.165) is 25.8 Å². The monoisotopic (exact) mass is 248 g/mol. The maximum Gasteiger partial charge on any atom is 0.234 e.